The molecule has 2 saturated heterocycles. The number of aromatic nitrogens is 1. The highest BCUT2D eigenvalue weighted by molar-refractivity contribution is 6.00. The van der Waals surface area contributed by atoms with Gasteiger partial charge in [-0.25, -0.2) is 0 Å². The van der Waals surface area contributed by atoms with E-state index >= 15 is 0 Å². The van der Waals surface area contributed by atoms with Crippen LogP contribution in [0.25, 0.3) is 0 Å². The number of likely N-dealkylation sites (tertiary alicyclic amines) is 1. The van der Waals surface area contributed by atoms with Crippen LogP contribution in [-0.2, 0) is 11.3 Å². The van der Waals surface area contributed by atoms with Gasteiger partial charge in [0.15, 0.2) is 0 Å². The van der Waals surface area contributed by atoms with Gasteiger partial charge in [0.25, 0.3) is 0 Å². The van der Waals surface area contributed by atoms with Crippen molar-refractivity contribution in [3.8, 4) is 5.75 Å². The smallest absolute Gasteiger partial charge is 0.234 e. The molecule has 1 aromatic heterocycles. The van der Waals surface area contributed by atoms with E-state index in [0.29, 0.717) is 0 Å². The Morgan fingerprint density at radius 2 is 1.96 bits per heavy atom. The van der Waals surface area contributed by atoms with Crippen LogP contribution < -0.4 is 9.64 Å². The van der Waals surface area contributed by atoms with Gasteiger partial charge in [-0.15, -0.1) is 0 Å². The monoisotopic (exact) mass is 337 g/mol. The number of pyridine rings is 1. The molecule has 2 aliphatic heterocycles. The van der Waals surface area contributed by atoms with Crippen LogP contribution in [0.3, 0.4) is 0 Å². The van der Waals surface area contributed by atoms with E-state index in [4.69, 9.17) is 4.74 Å². The minimum atomic E-state index is -0.220. The van der Waals surface area contributed by atoms with E-state index in [2.05, 4.69) is 22.0 Å². The first kappa shape index (κ1) is 16.1. The first-order chi connectivity index (χ1) is 12.2. The average molecular weight is 337 g/mol. The summed E-state index contributed by atoms with van der Waals surface area (Å²) in [6, 6.07) is 12.0. The molecule has 2 fully saturated rings. The Hall–Kier alpha value is -2.40. The highest BCUT2D eigenvalue weighted by Gasteiger charge is 2.50. The zero-order chi connectivity index (χ0) is 17.3. The van der Waals surface area contributed by atoms with Gasteiger partial charge in [0.05, 0.1) is 24.4 Å². The number of amides is 1. The van der Waals surface area contributed by atoms with Gasteiger partial charge in [-0.2, -0.15) is 0 Å². The Kier molecular flexibility index (Phi) is 4.17. The lowest BCUT2D eigenvalue weighted by Crippen LogP contribution is -2.36. The number of anilines is 1. The van der Waals surface area contributed by atoms with Crippen molar-refractivity contribution in [1.82, 2.24) is 9.88 Å². The fourth-order valence-corrected chi connectivity index (χ4v) is 4.04. The van der Waals surface area contributed by atoms with E-state index < -0.39 is 0 Å². The summed E-state index contributed by atoms with van der Waals surface area (Å²) in [6.07, 6.45) is 5.39. The lowest BCUT2D eigenvalue weighted by atomic mass is 9.85. The van der Waals surface area contributed by atoms with Gasteiger partial charge in [0.1, 0.15) is 5.75 Å². The van der Waals surface area contributed by atoms with Crippen LogP contribution in [0.4, 0.5) is 5.69 Å². The summed E-state index contributed by atoms with van der Waals surface area (Å²) in [6.45, 7) is 3.49. The minimum Gasteiger partial charge on any atom is -0.497 e. The third kappa shape index (κ3) is 3.00. The molecule has 1 amide bonds. The van der Waals surface area contributed by atoms with Gasteiger partial charge in [-0.3, -0.25) is 14.7 Å². The fraction of sp³-hybridized carbons (Fsp3) is 0.400. The second-order valence-electron chi connectivity index (χ2n) is 7.01. The van der Waals surface area contributed by atoms with Crippen molar-refractivity contribution < 1.29 is 9.53 Å². The van der Waals surface area contributed by atoms with Crippen molar-refractivity contribution in [3.05, 3.63) is 54.4 Å². The summed E-state index contributed by atoms with van der Waals surface area (Å²) >= 11 is 0. The Bertz CT molecular complexity index is 747. The molecule has 0 bridgehead atoms. The lowest BCUT2D eigenvalue weighted by Gasteiger charge is -2.23. The van der Waals surface area contributed by atoms with Crippen LogP contribution in [0.1, 0.15) is 18.4 Å². The number of carbonyl (C=O) groups excluding carboxylic acids is 1. The molecule has 4 rings (SSSR count). The van der Waals surface area contributed by atoms with E-state index in [1.807, 2.05) is 29.2 Å². The summed E-state index contributed by atoms with van der Waals surface area (Å²) in [5.41, 5.74) is 1.95. The molecule has 1 atom stereocenters. The normalized spacial score (nSPS) is 23.6. The van der Waals surface area contributed by atoms with Crippen molar-refractivity contribution in [2.75, 3.05) is 31.6 Å². The van der Waals surface area contributed by atoms with Gasteiger partial charge in [0.2, 0.25) is 5.91 Å². The zero-order valence-electron chi connectivity index (χ0n) is 14.5. The standard InChI is InChI=1S/C20H23N3O2/c1-25-18-6-4-16(5-7-18)14-22-11-8-20(15-22)9-12-23(19(20)24)17-3-2-10-21-13-17/h2-7,10,13H,8-9,11-12,14-15H2,1H3. The number of benzene rings is 1. The van der Waals surface area contributed by atoms with Crippen LogP contribution in [-0.4, -0.2) is 42.5 Å². The van der Waals surface area contributed by atoms with Crippen molar-refractivity contribution in [1.29, 1.82) is 0 Å². The zero-order valence-corrected chi connectivity index (χ0v) is 14.5. The molecule has 3 heterocycles. The molecule has 130 valence electrons. The average Bonchev–Trinajstić information content (AvgIpc) is 3.21. The number of methoxy groups -OCH3 is 1. The SMILES string of the molecule is COc1ccc(CN2CCC3(CCN(c4cccnc4)C3=O)C2)cc1. The molecule has 2 aromatic rings. The van der Waals surface area contributed by atoms with Crippen LogP contribution >= 0.6 is 0 Å². The van der Waals surface area contributed by atoms with Crippen molar-refractivity contribution in [2.24, 2.45) is 5.41 Å². The summed E-state index contributed by atoms with van der Waals surface area (Å²) in [5, 5.41) is 0. The van der Waals surface area contributed by atoms with Gasteiger partial charge in [-0.1, -0.05) is 12.1 Å². The molecular weight excluding hydrogens is 314 g/mol. The first-order valence-electron chi connectivity index (χ1n) is 8.77. The highest BCUT2D eigenvalue weighted by Crippen LogP contribution is 2.42. The second-order valence-corrected chi connectivity index (χ2v) is 7.01. The molecule has 1 aromatic carbocycles. The summed E-state index contributed by atoms with van der Waals surface area (Å²) in [7, 11) is 1.68. The molecule has 0 radical (unpaired) electrons. The second kappa shape index (κ2) is 6.48. The van der Waals surface area contributed by atoms with Gasteiger partial charge >= 0.3 is 0 Å². The van der Waals surface area contributed by atoms with Crippen molar-refractivity contribution in [3.63, 3.8) is 0 Å². The van der Waals surface area contributed by atoms with Crippen LogP contribution in [0, 0.1) is 5.41 Å². The van der Waals surface area contributed by atoms with Crippen LogP contribution in [0.2, 0.25) is 0 Å². The summed E-state index contributed by atoms with van der Waals surface area (Å²) in [4.78, 5) is 21.5. The highest BCUT2D eigenvalue weighted by atomic mass is 16.5. The largest absolute Gasteiger partial charge is 0.497 e. The molecule has 0 N–H and O–H groups in total. The number of ether oxygens (including phenoxy) is 1. The first-order valence-corrected chi connectivity index (χ1v) is 8.77. The fourth-order valence-electron chi connectivity index (χ4n) is 4.04. The van der Waals surface area contributed by atoms with Crippen LogP contribution in [0.15, 0.2) is 48.8 Å². The van der Waals surface area contributed by atoms with E-state index in [9.17, 15) is 4.79 Å². The van der Waals surface area contributed by atoms with E-state index in [0.717, 1.165) is 50.5 Å². The molecule has 5 heteroatoms. The third-order valence-corrected chi connectivity index (χ3v) is 5.47. The molecule has 25 heavy (non-hydrogen) atoms. The number of rotatable bonds is 4. The topological polar surface area (TPSA) is 45.7 Å². The molecule has 0 aliphatic carbocycles. The van der Waals surface area contributed by atoms with E-state index in [1.54, 1.807) is 19.5 Å². The molecule has 5 nitrogen and oxygen atoms in total. The number of nitrogens with zero attached hydrogens (tertiary/aromatic N) is 3. The quantitative estimate of drug-likeness (QED) is 0.861. The predicted molar refractivity (Wildman–Crippen MR) is 96.5 cm³/mol. The van der Waals surface area contributed by atoms with E-state index in [-0.39, 0.29) is 11.3 Å². The van der Waals surface area contributed by atoms with E-state index in [1.165, 1.54) is 5.56 Å². The maximum atomic E-state index is 13.1. The Labute approximate surface area is 148 Å². The number of hydrogen-bond donors (Lipinski definition) is 0. The lowest BCUT2D eigenvalue weighted by molar-refractivity contribution is -0.125. The molecule has 2 aliphatic rings. The summed E-state index contributed by atoms with van der Waals surface area (Å²) < 4.78 is 5.21. The summed E-state index contributed by atoms with van der Waals surface area (Å²) in [5.74, 6) is 1.14. The number of hydrogen-bond acceptors (Lipinski definition) is 4. The molecule has 0 saturated carbocycles. The van der Waals surface area contributed by atoms with Crippen LogP contribution in [0.5, 0.6) is 5.75 Å². The predicted octanol–water partition coefficient (Wildman–Crippen LogP) is 2.72. The molecular formula is C20H23N3O2. The Balaban J connectivity index is 1.43. The van der Waals surface area contributed by atoms with Crippen molar-refractivity contribution in [2.45, 2.75) is 19.4 Å². The van der Waals surface area contributed by atoms with Crippen molar-refractivity contribution >= 4 is 11.6 Å². The van der Waals surface area contributed by atoms with Gasteiger partial charge in [-0.05, 0) is 49.2 Å². The maximum absolute atomic E-state index is 13.1. The minimum absolute atomic E-state index is 0.220. The Morgan fingerprint density at radius 1 is 1.16 bits per heavy atom. The third-order valence-electron chi connectivity index (χ3n) is 5.47. The van der Waals surface area contributed by atoms with Gasteiger partial charge in [0, 0.05) is 25.8 Å². The molecule has 1 unspecified atom stereocenters. The molecule has 1 spiro atoms. The maximum Gasteiger partial charge on any atom is 0.234 e. The van der Waals surface area contributed by atoms with Gasteiger partial charge < -0.3 is 9.64 Å². The Morgan fingerprint density at radius 3 is 2.68 bits per heavy atom. The number of carbonyl (C=O) groups is 1.